The third-order valence-electron chi connectivity index (χ3n) is 4.58. The van der Waals surface area contributed by atoms with Crippen molar-refractivity contribution < 1.29 is 14.3 Å². The monoisotopic (exact) mass is 480 g/mol. The Hall–Kier alpha value is -3.46. The highest BCUT2D eigenvalue weighted by Gasteiger charge is 2.15. The van der Waals surface area contributed by atoms with Gasteiger partial charge in [0.2, 0.25) is 0 Å². The molecular weight excluding hydrogens is 459 g/mol. The van der Waals surface area contributed by atoms with Crippen LogP contribution in [-0.2, 0) is 11.4 Å². The third-order valence-corrected chi connectivity index (χ3v) is 5.11. The average molecular weight is 481 g/mol. The lowest BCUT2D eigenvalue weighted by Gasteiger charge is -2.15. The molecule has 0 aliphatic carbocycles. The summed E-state index contributed by atoms with van der Waals surface area (Å²) in [6.07, 6.45) is 1.46. The lowest BCUT2D eigenvalue weighted by atomic mass is 10.1. The zero-order chi connectivity index (χ0) is 23.8. The van der Waals surface area contributed by atoms with Gasteiger partial charge in [-0.15, -0.1) is 0 Å². The molecule has 0 heterocycles. The van der Waals surface area contributed by atoms with E-state index in [-0.39, 0.29) is 12.2 Å². The Kier molecular flexibility index (Phi) is 8.37. The Morgan fingerprint density at radius 3 is 2.52 bits per heavy atom. The Labute approximate surface area is 203 Å². The van der Waals surface area contributed by atoms with Crippen molar-refractivity contribution in [2.45, 2.75) is 20.5 Å². The number of carbonyl (C=O) groups excluding carboxylic acids is 1. The number of halogens is 2. The number of rotatable bonds is 8. The van der Waals surface area contributed by atoms with Gasteiger partial charge in [0.25, 0.3) is 5.91 Å². The summed E-state index contributed by atoms with van der Waals surface area (Å²) in [5.41, 5.74) is 3.00. The van der Waals surface area contributed by atoms with Crippen molar-refractivity contribution >= 4 is 40.9 Å². The molecule has 3 aromatic rings. The molecular formula is C26H22Cl2N2O3. The van der Waals surface area contributed by atoms with E-state index in [4.69, 9.17) is 32.7 Å². The highest BCUT2D eigenvalue weighted by molar-refractivity contribution is 6.32. The van der Waals surface area contributed by atoms with Gasteiger partial charge in [0.05, 0.1) is 11.6 Å². The number of amides is 1. The number of carbonyl (C=O) groups is 1. The van der Waals surface area contributed by atoms with Gasteiger partial charge in [0.15, 0.2) is 11.5 Å². The van der Waals surface area contributed by atoms with E-state index in [1.165, 1.54) is 6.08 Å². The van der Waals surface area contributed by atoms with E-state index in [2.05, 4.69) is 5.32 Å². The SMILES string of the molecule is CCOc1cc(/C=C(\C#N)C(=O)Nc2cccc(C)c2)cc(Cl)c1OCc1ccc(Cl)cc1. The first-order chi connectivity index (χ1) is 15.9. The number of nitrogens with one attached hydrogen (secondary N) is 1. The maximum Gasteiger partial charge on any atom is 0.266 e. The van der Waals surface area contributed by atoms with Crippen molar-refractivity contribution in [2.75, 3.05) is 11.9 Å². The minimum atomic E-state index is -0.514. The van der Waals surface area contributed by atoms with Crippen molar-refractivity contribution in [2.24, 2.45) is 0 Å². The molecule has 3 aromatic carbocycles. The van der Waals surface area contributed by atoms with Gasteiger partial charge in [-0.05, 0) is 73.0 Å². The van der Waals surface area contributed by atoms with Crippen LogP contribution in [0, 0.1) is 18.3 Å². The van der Waals surface area contributed by atoms with Gasteiger partial charge < -0.3 is 14.8 Å². The topological polar surface area (TPSA) is 71.3 Å². The lowest BCUT2D eigenvalue weighted by Crippen LogP contribution is -2.13. The van der Waals surface area contributed by atoms with Crippen LogP contribution in [-0.4, -0.2) is 12.5 Å². The van der Waals surface area contributed by atoms with Crippen molar-refractivity contribution in [3.63, 3.8) is 0 Å². The van der Waals surface area contributed by atoms with Crippen LogP contribution in [0.1, 0.15) is 23.6 Å². The number of benzene rings is 3. The first-order valence-corrected chi connectivity index (χ1v) is 11.0. The molecule has 0 spiro atoms. The van der Waals surface area contributed by atoms with Gasteiger partial charge >= 0.3 is 0 Å². The second kappa shape index (κ2) is 11.4. The molecule has 0 radical (unpaired) electrons. The van der Waals surface area contributed by atoms with Crippen LogP contribution in [0.4, 0.5) is 5.69 Å². The molecule has 1 N–H and O–H groups in total. The minimum absolute atomic E-state index is 0.0650. The number of hydrogen-bond donors (Lipinski definition) is 1. The number of ether oxygens (including phenoxy) is 2. The van der Waals surface area contributed by atoms with Crippen molar-refractivity contribution in [1.82, 2.24) is 0 Å². The minimum Gasteiger partial charge on any atom is -0.490 e. The maximum atomic E-state index is 12.6. The molecule has 33 heavy (non-hydrogen) atoms. The zero-order valence-corrected chi connectivity index (χ0v) is 19.7. The summed E-state index contributed by atoms with van der Waals surface area (Å²) in [4.78, 5) is 12.6. The van der Waals surface area contributed by atoms with E-state index in [0.29, 0.717) is 39.4 Å². The highest BCUT2D eigenvalue weighted by atomic mass is 35.5. The molecule has 0 bridgehead atoms. The first kappa shape index (κ1) is 24.2. The van der Waals surface area contributed by atoms with E-state index in [9.17, 15) is 10.1 Å². The van der Waals surface area contributed by atoms with Crippen LogP contribution < -0.4 is 14.8 Å². The number of anilines is 1. The second-order valence-electron chi connectivity index (χ2n) is 7.17. The molecule has 0 aliphatic rings. The smallest absolute Gasteiger partial charge is 0.266 e. The highest BCUT2D eigenvalue weighted by Crippen LogP contribution is 2.38. The Morgan fingerprint density at radius 2 is 1.85 bits per heavy atom. The number of nitrogens with zero attached hydrogens (tertiary/aromatic N) is 1. The van der Waals surface area contributed by atoms with Crippen molar-refractivity contribution in [1.29, 1.82) is 5.26 Å². The molecule has 0 saturated carbocycles. The quantitative estimate of drug-likeness (QED) is 0.283. The molecule has 5 nitrogen and oxygen atoms in total. The van der Waals surface area contributed by atoms with Crippen LogP contribution >= 0.6 is 23.2 Å². The van der Waals surface area contributed by atoms with Gasteiger partial charge in [-0.2, -0.15) is 5.26 Å². The fraction of sp³-hybridized carbons (Fsp3) is 0.154. The van der Waals surface area contributed by atoms with Gasteiger partial charge in [-0.1, -0.05) is 47.5 Å². The summed E-state index contributed by atoms with van der Waals surface area (Å²) in [5.74, 6) is 0.287. The van der Waals surface area contributed by atoms with Crippen molar-refractivity contribution in [3.8, 4) is 17.6 Å². The summed E-state index contributed by atoms with van der Waals surface area (Å²) in [6.45, 7) is 4.42. The number of hydrogen-bond acceptors (Lipinski definition) is 4. The lowest BCUT2D eigenvalue weighted by molar-refractivity contribution is -0.112. The normalized spacial score (nSPS) is 10.9. The van der Waals surface area contributed by atoms with Crippen LogP contribution in [0.3, 0.4) is 0 Å². The third kappa shape index (κ3) is 6.76. The summed E-state index contributed by atoms with van der Waals surface area (Å²) in [5, 5.41) is 13.2. The molecule has 0 fully saturated rings. The molecule has 1 amide bonds. The molecule has 0 aliphatic heterocycles. The summed E-state index contributed by atoms with van der Waals surface area (Å²) < 4.78 is 11.6. The van der Waals surface area contributed by atoms with E-state index in [1.54, 1.807) is 30.3 Å². The van der Waals surface area contributed by atoms with Gasteiger partial charge in [-0.3, -0.25) is 4.79 Å². The predicted octanol–water partition coefficient (Wildman–Crippen LogP) is 6.83. The van der Waals surface area contributed by atoms with Crippen molar-refractivity contribution in [3.05, 3.63) is 93.0 Å². The average Bonchev–Trinajstić information content (AvgIpc) is 2.78. The molecule has 3 rings (SSSR count). The number of aryl methyl sites for hydroxylation is 1. The zero-order valence-electron chi connectivity index (χ0n) is 18.2. The molecule has 0 saturated heterocycles. The van der Waals surface area contributed by atoms with Gasteiger partial charge in [0, 0.05) is 10.7 Å². The second-order valence-corrected chi connectivity index (χ2v) is 8.02. The van der Waals surface area contributed by atoms with Gasteiger partial charge in [0.1, 0.15) is 18.2 Å². The predicted molar refractivity (Wildman–Crippen MR) is 132 cm³/mol. The molecule has 0 aromatic heterocycles. The van der Waals surface area contributed by atoms with E-state index in [1.807, 2.05) is 50.2 Å². The fourth-order valence-corrected chi connectivity index (χ4v) is 3.45. The Bertz CT molecular complexity index is 1220. The van der Waals surface area contributed by atoms with E-state index >= 15 is 0 Å². The summed E-state index contributed by atoms with van der Waals surface area (Å²) in [6, 6.07) is 19.9. The van der Waals surface area contributed by atoms with Crippen LogP contribution in [0.5, 0.6) is 11.5 Å². The molecule has 168 valence electrons. The molecule has 7 heteroatoms. The van der Waals surface area contributed by atoms with Gasteiger partial charge in [-0.25, -0.2) is 0 Å². The maximum absolute atomic E-state index is 12.6. The molecule has 0 atom stereocenters. The molecule has 0 unspecified atom stereocenters. The standard InChI is InChI=1S/C26H22Cl2N2O3/c1-3-32-24-14-19(12-20(15-29)26(31)30-22-6-4-5-17(2)11-22)13-23(28)25(24)33-16-18-7-9-21(27)10-8-18/h4-14H,3,16H2,1-2H3,(H,30,31)/b20-12+. The number of nitriles is 1. The first-order valence-electron chi connectivity index (χ1n) is 10.2. The Morgan fingerprint density at radius 1 is 1.09 bits per heavy atom. The summed E-state index contributed by atoms with van der Waals surface area (Å²) >= 11 is 12.4. The summed E-state index contributed by atoms with van der Waals surface area (Å²) in [7, 11) is 0. The van der Waals surface area contributed by atoms with E-state index in [0.717, 1.165) is 11.1 Å². The fourth-order valence-electron chi connectivity index (χ4n) is 3.05. The largest absolute Gasteiger partial charge is 0.490 e. The van der Waals surface area contributed by atoms with Crippen LogP contribution in [0.25, 0.3) is 6.08 Å². The Balaban J connectivity index is 1.84. The van der Waals surface area contributed by atoms with Crippen LogP contribution in [0.2, 0.25) is 10.0 Å². The van der Waals surface area contributed by atoms with E-state index < -0.39 is 5.91 Å². The van der Waals surface area contributed by atoms with Crippen LogP contribution in [0.15, 0.2) is 66.2 Å².